The van der Waals surface area contributed by atoms with Crippen LogP contribution in [0, 0.1) is 60.2 Å². The first-order valence-corrected chi connectivity index (χ1v) is 13.1. The Morgan fingerprint density at radius 1 is 0.862 bits per heavy atom. The Kier molecular flexibility index (Phi) is 9.58. The van der Waals surface area contributed by atoms with E-state index in [1.54, 1.807) is 0 Å². The Morgan fingerprint density at radius 2 is 1.41 bits per heavy atom. The molecule has 2 N–H and O–H groups in total. The maximum absolute atomic E-state index is 7.07. The number of hydrogen-bond donors (Lipinski definition) is 1. The van der Waals surface area contributed by atoms with Gasteiger partial charge in [-0.25, -0.2) is 0 Å². The van der Waals surface area contributed by atoms with Crippen LogP contribution in [0.3, 0.4) is 0 Å². The summed E-state index contributed by atoms with van der Waals surface area (Å²) in [5, 5.41) is 0. The van der Waals surface area contributed by atoms with E-state index in [0.29, 0.717) is 5.92 Å². The van der Waals surface area contributed by atoms with Crippen LogP contribution in [0.15, 0.2) is 0 Å². The summed E-state index contributed by atoms with van der Waals surface area (Å²) in [5.41, 5.74) is 7.06. The highest BCUT2D eigenvalue weighted by Crippen LogP contribution is 2.46. The first kappa shape index (κ1) is 25.2. The van der Waals surface area contributed by atoms with Crippen LogP contribution in [0.25, 0.3) is 0 Å². The number of hydrogen-bond acceptors (Lipinski definition) is 1. The van der Waals surface area contributed by atoms with Gasteiger partial charge in [-0.2, -0.15) is 0 Å². The molecule has 0 amide bonds. The van der Waals surface area contributed by atoms with Crippen LogP contribution < -0.4 is 5.73 Å². The van der Waals surface area contributed by atoms with Gasteiger partial charge in [0, 0.05) is 5.54 Å². The van der Waals surface area contributed by atoms with Crippen molar-refractivity contribution in [2.24, 2.45) is 59.0 Å². The summed E-state index contributed by atoms with van der Waals surface area (Å²) in [6.45, 7) is 21.4. The van der Waals surface area contributed by atoms with Crippen molar-refractivity contribution in [1.82, 2.24) is 0 Å². The van der Waals surface area contributed by atoms with Crippen LogP contribution in [-0.4, -0.2) is 5.54 Å². The molecule has 0 heterocycles. The second kappa shape index (κ2) is 11.0. The molecule has 8 unspecified atom stereocenters. The minimum Gasteiger partial charge on any atom is -0.325 e. The summed E-state index contributed by atoms with van der Waals surface area (Å²) in [4.78, 5) is 0. The zero-order valence-electron chi connectivity index (χ0n) is 21.1. The first-order valence-electron chi connectivity index (χ1n) is 13.1. The minimum absolute atomic E-state index is 0.00730. The molecule has 0 aromatic rings. The average molecular weight is 405 g/mol. The zero-order valence-corrected chi connectivity index (χ0v) is 21.1. The van der Waals surface area contributed by atoms with Gasteiger partial charge in [-0.1, -0.05) is 80.6 Å². The topological polar surface area (TPSA) is 26.0 Å². The zero-order chi connectivity index (χ0) is 21.8. The molecular weight excluding hydrogens is 350 g/mol. The van der Waals surface area contributed by atoms with Gasteiger partial charge in [-0.3, -0.25) is 0 Å². The Morgan fingerprint density at radius 3 is 1.97 bits per heavy atom. The molecule has 2 rings (SSSR count). The lowest BCUT2D eigenvalue weighted by Gasteiger charge is -2.46. The molecule has 0 aromatic heterocycles. The molecule has 1 radical (unpaired) electrons. The summed E-state index contributed by atoms with van der Waals surface area (Å²) in [5.74, 6) is 7.44. The fraction of sp³-hybridized carbons (Fsp3) is 0.964. The fourth-order valence-corrected chi connectivity index (χ4v) is 7.28. The van der Waals surface area contributed by atoms with Gasteiger partial charge in [0.1, 0.15) is 0 Å². The number of rotatable bonds is 9. The fourth-order valence-electron chi connectivity index (χ4n) is 7.28. The Balaban J connectivity index is 1.97. The van der Waals surface area contributed by atoms with Crippen molar-refractivity contribution in [3.8, 4) is 0 Å². The molecule has 8 atom stereocenters. The molecule has 0 aromatic carbocycles. The van der Waals surface area contributed by atoms with Crippen LogP contribution in [0.2, 0.25) is 0 Å². The summed E-state index contributed by atoms with van der Waals surface area (Å²) in [6.07, 6.45) is 13.3. The van der Waals surface area contributed by atoms with E-state index in [0.717, 1.165) is 53.8 Å². The second-order valence-corrected chi connectivity index (χ2v) is 12.4. The molecule has 2 fully saturated rings. The normalized spacial score (nSPS) is 36.9. The van der Waals surface area contributed by atoms with Gasteiger partial charge in [0.05, 0.1) is 0 Å². The van der Waals surface area contributed by atoms with Gasteiger partial charge >= 0.3 is 0 Å². The van der Waals surface area contributed by atoms with E-state index in [4.69, 9.17) is 5.73 Å². The van der Waals surface area contributed by atoms with E-state index in [1.165, 1.54) is 57.8 Å². The molecule has 1 nitrogen and oxygen atoms in total. The highest BCUT2D eigenvalue weighted by molar-refractivity contribution is 4.95. The van der Waals surface area contributed by atoms with Crippen molar-refractivity contribution in [1.29, 1.82) is 0 Å². The highest BCUT2D eigenvalue weighted by atomic mass is 14.8. The maximum atomic E-state index is 7.07. The summed E-state index contributed by atoms with van der Waals surface area (Å²) in [7, 11) is 0. The standard InChI is InChI=1S/C28H54N/c1-9-23(26-17-21(6)12-14-24(26)19(2)3)11-10-16-28(8,29)27-18-22(7)13-15-25(27)20(4)5/h19-27H,1,9-18,29H2,2-8H3. The molecule has 2 aliphatic rings. The van der Waals surface area contributed by atoms with Crippen molar-refractivity contribution in [2.45, 2.75) is 118 Å². The molecule has 0 aliphatic heterocycles. The van der Waals surface area contributed by atoms with Crippen LogP contribution in [0.5, 0.6) is 0 Å². The maximum Gasteiger partial charge on any atom is 0.0157 e. The summed E-state index contributed by atoms with van der Waals surface area (Å²) >= 11 is 0. The van der Waals surface area contributed by atoms with Gasteiger partial charge in [0.25, 0.3) is 0 Å². The summed E-state index contributed by atoms with van der Waals surface area (Å²) in [6, 6.07) is 0. The van der Waals surface area contributed by atoms with E-state index >= 15 is 0 Å². The SMILES string of the molecule is [CH2]CC(CCCC(C)(N)C1CC(C)CCC1C(C)C)C1CC(C)CCC1C(C)C. The third-order valence-corrected chi connectivity index (χ3v) is 9.21. The summed E-state index contributed by atoms with van der Waals surface area (Å²) < 4.78 is 0. The van der Waals surface area contributed by atoms with E-state index in [9.17, 15) is 0 Å². The quantitative estimate of drug-likeness (QED) is 0.412. The molecule has 29 heavy (non-hydrogen) atoms. The monoisotopic (exact) mass is 404 g/mol. The van der Waals surface area contributed by atoms with Crippen molar-refractivity contribution in [3.05, 3.63) is 6.92 Å². The molecule has 0 saturated heterocycles. The van der Waals surface area contributed by atoms with Gasteiger partial charge < -0.3 is 5.73 Å². The van der Waals surface area contributed by atoms with Crippen molar-refractivity contribution < 1.29 is 0 Å². The van der Waals surface area contributed by atoms with Crippen molar-refractivity contribution >= 4 is 0 Å². The van der Waals surface area contributed by atoms with Crippen LogP contribution >= 0.6 is 0 Å². The second-order valence-electron chi connectivity index (χ2n) is 12.4. The van der Waals surface area contributed by atoms with Gasteiger partial charge in [0.15, 0.2) is 0 Å². The molecule has 2 aliphatic carbocycles. The molecule has 2 saturated carbocycles. The van der Waals surface area contributed by atoms with E-state index in [2.05, 4.69) is 55.4 Å². The number of nitrogens with two attached hydrogens (primary N) is 1. The molecule has 0 spiro atoms. The van der Waals surface area contributed by atoms with Crippen molar-refractivity contribution in [2.75, 3.05) is 0 Å². The van der Waals surface area contributed by atoms with Crippen molar-refractivity contribution in [3.63, 3.8) is 0 Å². The molecule has 0 bridgehead atoms. The van der Waals surface area contributed by atoms with Gasteiger partial charge in [-0.15, -0.1) is 0 Å². The Labute approximate surface area is 184 Å². The van der Waals surface area contributed by atoms with E-state index < -0.39 is 0 Å². The predicted octanol–water partition coefficient (Wildman–Crippen LogP) is 8.13. The van der Waals surface area contributed by atoms with Gasteiger partial charge in [0.2, 0.25) is 0 Å². The lowest BCUT2D eigenvalue weighted by molar-refractivity contribution is 0.0666. The van der Waals surface area contributed by atoms with Crippen LogP contribution in [-0.2, 0) is 0 Å². The Hall–Kier alpha value is -0.0400. The van der Waals surface area contributed by atoms with Crippen LogP contribution in [0.4, 0.5) is 0 Å². The minimum atomic E-state index is -0.00730. The molecule has 171 valence electrons. The lowest BCUT2D eigenvalue weighted by Crippen LogP contribution is -2.50. The third-order valence-electron chi connectivity index (χ3n) is 9.21. The van der Waals surface area contributed by atoms with E-state index in [1.807, 2.05) is 0 Å². The lowest BCUT2D eigenvalue weighted by atomic mass is 9.61. The average Bonchev–Trinajstić information content (AvgIpc) is 2.64. The molecular formula is C28H54N. The van der Waals surface area contributed by atoms with E-state index in [-0.39, 0.29) is 5.54 Å². The highest BCUT2D eigenvalue weighted by Gasteiger charge is 2.41. The largest absolute Gasteiger partial charge is 0.325 e. The van der Waals surface area contributed by atoms with Crippen LogP contribution in [0.1, 0.15) is 113 Å². The predicted molar refractivity (Wildman–Crippen MR) is 130 cm³/mol. The smallest absolute Gasteiger partial charge is 0.0157 e. The Bertz CT molecular complexity index is 465. The third kappa shape index (κ3) is 6.72. The molecule has 1 heteroatoms. The van der Waals surface area contributed by atoms with Gasteiger partial charge in [-0.05, 0) is 92.3 Å². The first-order chi connectivity index (χ1) is 13.6.